The van der Waals surface area contributed by atoms with E-state index in [0.29, 0.717) is 15.9 Å². The van der Waals surface area contributed by atoms with E-state index in [-0.39, 0.29) is 29.6 Å². The Balaban J connectivity index is 1.35. The topological polar surface area (TPSA) is 116 Å². The molecule has 1 aliphatic heterocycles. The van der Waals surface area contributed by atoms with Crippen molar-refractivity contribution in [3.63, 3.8) is 0 Å². The molecule has 1 N–H and O–H groups in total. The molecule has 1 saturated heterocycles. The van der Waals surface area contributed by atoms with Crippen LogP contribution in [0, 0.1) is 29.1 Å². The van der Waals surface area contributed by atoms with Crippen LogP contribution in [-0.4, -0.2) is 46.2 Å². The number of anilines is 1. The van der Waals surface area contributed by atoms with Crippen LogP contribution >= 0.6 is 0 Å². The fourth-order valence-corrected chi connectivity index (χ4v) is 7.64. The highest BCUT2D eigenvalue weighted by atomic mass is 32.2. The number of H-pyrrole nitrogens is 1. The summed E-state index contributed by atoms with van der Waals surface area (Å²) in [6, 6.07) is 6.47. The van der Waals surface area contributed by atoms with Crippen molar-refractivity contribution in [3.8, 4) is 0 Å². The molecule has 3 heterocycles. The van der Waals surface area contributed by atoms with Gasteiger partial charge in [0.1, 0.15) is 6.04 Å². The molecule has 4 aromatic rings. The first-order valence-electron chi connectivity index (χ1n) is 14.3. The minimum atomic E-state index is -5.35. The summed E-state index contributed by atoms with van der Waals surface area (Å²) in [4.78, 5) is 36.5. The van der Waals surface area contributed by atoms with E-state index < -0.39 is 68.1 Å². The average molecular weight is 648 g/mol. The highest BCUT2D eigenvalue weighted by Crippen LogP contribution is 2.36. The van der Waals surface area contributed by atoms with Crippen molar-refractivity contribution in [2.75, 3.05) is 11.4 Å². The van der Waals surface area contributed by atoms with Crippen LogP contribution in [0.5, 0.6) is 0 Å². The van der Waals surface area contributed by atoms with E-state index in [1.807, 2.05) is 6.07 Å². The van der Waals surface area contributed by atoms with E-state index in [1.165, 1.54) is 35.8 Å². The Morgan fingerprint density at radius 2 is 1.60 bits per heavy atom. The van der Waals surface area contributed by atoms with Crippen LogP contribution in [-0.2, 0) is 21.4 Å². The van der Waals surface area contributed by atoms with E-state index in [9.17, 15) is 40.0 Å². The number of aromatic nitrogens is 3. The molecule has 236 valence electrons. The summed E-state index contributed by atoms with van der Waals surface area (Å²) in [5, 5.41) is 0.225. The molecule has 0 radical (unpaired) electrons. The van der Waals surface area contributed by atoms with Crippen molar-refractivity contribution in [2.45, 2.75) is 61.9 Å². The van der Waals surface area contributed by atoms with Crippen molar-refractivity contribution in [3.05, 3.63) is 93.6 Å². The number of benzene rings is 2. The van der Waals surface area contributed by atoms with Crippen LogP contribution in [0.4, 0.5) is 27.6 Å². The Morgan fingerprint density at radius 3 is 2.22 bits per heavy atom. The smallest absolute Gasteiger partial charge is 0.258 e. The molecular formula is C30H26F5N5O4S. The summed E-state index contributed by atoms with van der Waals surface area (Å²) in [7, 11) is -5.35. The molecule has 1 aliphatic carbocycles. The number of aromatic amines is 1. The molecule has 45 heavy (non-hydrogen) atoms. The van der Waals surface area contributed by atoms with Gasteiger partial charge in [-0.05, 0) is 55.0 Å². The van der Waals surface area contributed by atoms with Gasteiger partial charge in [-0.2, -0.15) is 4.31 Å². The molecule has 6 rings (SSSR count). The number of nitrogens with zero attached hydrogens (tertiary/aromatic N) is 4. The minimum Gasteiger partial charge on any atom is -0.313 e. The second-order valence-corrected chi connectivity index (χ2v) is 12.9. The Labute approximate surface area is 253 Å². The zero-order valence-electron chi connectivity index (χ0n) is 23.6. The van der Waals surface area contributed by atoms with Gasteiger partial charge in [0.2, 0.25) is 21.7 Å². The Kier molecular flexibility index (Phi) is 8.16. The molecule has 0 spiro atoms. The number of fused-ring (bicyclic) bond motifs is 1. The number of amides is 1. The van der Waals surface area contributed by atoms with Crippen LogP contribution < -0.4 is 10.5 Å². The summed E-state index contributed by atoms with van der Waals surface area (Å²) >= 11 is 0. The van der Waals surface area contributed by atoms with Crippen LogP contribution in [0.3, 0.4) is 0 Å². The maximum Gasteiger partial charge on any atom is 0.258 e. The molecule has 0 bridgehead atoms. The van der Waals surface area contributed by atoms with Gasteiger partial charge >= 0.3 is 0 Å². The second-order valence-electron chi connectivity index (χ2n) is 11.1. The van der Waals surface area contributed by atoms with E-state index in [2.05, 4.69) is 15.0 Å². The van der Waals surface area contributed by atoms with E-state index in [0.717, 1.165) is 31.2 Å². The normalized spacial score (nSPS) is 17.8. The molecule has 1 amide bonds. The number of hydrogen-bond donors (Lipinski definition) is 1. The van der Waals surface area contributed by atoms with Gasteiger partial charge in [0, 0.05) is 18.4 Å². The number of rotatable bonds is 7. The molecule has 15 heteroatoms. The molecular weight excluding hydrogens is 621 g/mol. The number of halogens is 5. The van der Waals surface area contributed by atoms with Gasteiger partial charge in [-0.15, -0.1) is 0 Å². The zero-order chi connectivity index (χ0) is 32.0. The predicted octanol–water partition coefficient (Wildman–Crippen LogP) is 5.06. The van der Waals surface area contributed by atoms with Crippen LogP contribution in [0.15, 0.2) is 52.5 Å². The monoisotopic (exact) mass is 647 g/mol. The Bertz CT molecular complexity index is 1940. The first-order valence-corrected chi connectivity index (χ1v) is 15.7. The summed E-state index contributed by atoms with van der Waals surface area (Å²) in [5.74, 6) is -12.8. The number of hydrogen-bond acceptors (Lipinski definition) is 6. The summed E-state index contributed by atoms with van der Waals surface area (Å²) in [6.07, 6.45) is 8.34. The molecule has 1 saturated carbocycles. The highest BCUT2D eigenvalue weighted by molar-refractivity contribution is 7.89. The number of carbonyl (C=O) groups excluding carboxylic acids is 1. The second kappa shape index (κ2) is 11.9. The zero-order valence-corrected chi connectivity index (χ0v) is 24.4. The number of nitrogens with one attached hydrogen (secondary N) is 1. The minimum absolute atomic E-state index is 0.0937. The van der Waals surface area contributed by atoms with Crippen LogP contribution in [0.2, 0.25) is 0 Å². The number of sulfonamides is 1. The largest absolute Gasteiger partial charge is 0.313 e. The van der Waals surface area contributed by atoms with Gasteiger partial charge in [-0.3, -0.25) is 14.6 Å². The third kappa shape index (κ3) is 5.47. The summed E-state index contributed by atoms with van der Waals surface area (Å²) in [6.45, 7) is -0.569. The lowest BCUT2D eigenvalue weighted by molar-refractivity contribution is -0.125. The predicted molar refractivity (Wildman–Crippen MR) is 152 cm³/mol. The quantitative estimate of drug-likeness (QED) is 0.170. The maximum atomic E-state index is 14.5. The van der Waals surface area contributed by atoms with E-state index >= 15 is 0 Å². The van der Waals surface area contributed by atoms with E-state index in [1.54, 1.807) is 12.3 Å². The lowest BCUT2D eigenvalue weighted by Crippen LogP contribution is -2.59. The third-order valence-electron chi connectivity index (χ3n) is 8.44. The highest BCUT2D eigenvalue weighted by Gasteiger charge is 2.48. The lowest BCUT2D eigenvalue weighted by Gasteiger charge is -2.41. The summed E-state index contributed by atoms with van der Waals surface area (Å²) in [5.41, 5.74) is 1.52. The average Bonchev–Trinajstić information content (AvgIpc) is 3.01. The fourth-order valence-electron chi connectivity index (χ4n) is 5.90. The molecule has 0 unspecified atom stereocenters. The van der Waals surface area contributed by atoms with Crippen molar-refractivity contribution < 1.29 is 35.2 Å². The molecule has 1 atom stereocenters. The van der Waals surface area contributed by atoms with E-state index in [4.69, 9.17) is 0 Å². The van der Waals surface area contributed by atoms with Gasteiger partial charge in [-0.1, -0.05) is 25.3 Å². The van der Waals surface area contributed by atoms with Gasteiger partial charge < -0.3 is 9.88 Å². The molecule has 2 fully saturated rings. The number of carbonyl (C=O) groups is 1. The Hall–Kier alpha value is -4.24. The first kappa shape index (κ1) is 30.8. The number of pyridine rings is 1. The molecule has 2 aliphatic rings. The first-order chi connectivity index (χ1) is 21.5. The molecule has 2 aromatic carbocycles. The lowest BCUT2D eigenvalue weighted by atomic mass is 9.85. The Morgan fingerprint density at radius 1 is 0.911 bits per heavy atom. The maximum absolute atomic E-state index is 14.5. The molecule has 9 nitrogen and oxygen atoms in total. The van der Waals surface area contributed by atoms with Crippen molar-refractivity contribution in [2.24, 2.45) is 0 Å². The standard InChI is InChI=1S/C30H26F5N5O4S/c31-23-24(32)26(34)28(27(35)25(23)33)45(43,44)40-11-10-22(40)30(42)39(19-8-9-20-21(12-19)37-15-38-29(20)41)14-18-7-6-17(13-36-18)16-4-2-1-3-5-16/h6-9,12-13,15-16,22H,1-5,10-11,14H2,(H,37,38,41)/t22-/m1/s1. The van der Waals surface area contributed by atoms with Gasteiger partial charge in [0.25, 0.3) is 5.56 Å². The fraction of sp³-hybridized carbons (Fsp3) is 0.333. The van der Waals surface area contributed by atoms with Crippen molar-refractivity contribution in [1.82, 2.24) is 19.3 Å². The summed E-state index contributed by atoms with van der Waals surface area (Å²) < 4.78 is 97.5. The van der Waals surface area contributed by atoms with Gasteiger partial charge in [0.15, 0.2) is 28.2 Å². The van der Waals surface area contributed by atoms with Gasteiger partial charge in [0.05, 0.1) is 29.5 Å². The SMILES string of the molecule is O=C([C@H]1CCN1S(=O)(=O)c1c(F)c(F)c(F)c(F)c1F)N(Cc1ccc(C2CCCCC2)cn1)c1ccc2c(=O)[nH]cnc2c1. The molecule has 2 aromatic heterocycles. The third-order valence-corrected chi connectivity index (χ3v) is 10.4. The van der Waals surface area contributed by atoms with Gasteiger partial charge in [-0.25, -0.2) is 35.4 Å². The van der Waals surface area contributed by atoms with Crippen LogP contribution in [0.25, 0.3) is 10.9 Å². The van der Waals surface area contributed by atoms with Crippen molar-refractivity contribution in [1.29, 1.82) is 0 Å². The van der Waals surface area contributed by atoms with Crippen LogP contribution in [0.1, 0.15) is 55.7 Å². The van der Waals surface area contributed by atoms with Crippen molar-refractivity contribution >= 4 is 32.5 Å².